The van der Waals surface area contributed by atoms with Crippen LogP contribution in [-0.2, 0) is 0 Å². The predicted octanol–water partition coefficient (Wildman–Crippen LogP) is 4.49. The summed E-state index contributed by atoms with van der Waals surface area (Å²) in [5, 5.41) is 1.07. The van der Waals surface area contributed by atoms with Crippen LogP contribution in [0, 0.1) is 5.82 Å². The van der Waals surface area contributed by atoms with E-state index in [1.54, 1.807) is 24.3 Å². The molecule has 3 rings (SSSR count). The highest BCUT2D eigenvalue weighted by atomic mass is 35.5. The molecule has 5 heteroatoms. The van der Waals surface area contributed by atoms with Gasteiger partial charge in [0.05, 0.1) is 0 Å². The van der Waals surface area contributed by atoms with E-state index in [-0.39, 0.29) is 24.0 Å². The molecule has 0 unspecified atom stereocenters. The third kappa shape index (κ3) is 3.06. The molecule has 2 aromatic carbocycles. The first-order chi connectivity index (χ1) is 10.1. The standard InChI is InChI=1S/C16H10ClFO3/c17-11-2-1-3-13(8-11)20-9-14(19)16-7-10-6-12(18)4-5-15(10)21-16/h1-8H,9H2. The summed E-state index contributed by atoms with van der Waals surface area (Å²) in [6, 6.07) is 12.3. The van der Waals surface area contributed by atoms with Gasteiger partial charge < -0.3 is 9.15 Å². The van der Waals surface area contributed by atoms with Crippen molar-refractivity contribution in [2.75, 3.05) is 6.61 Å². The molecule has 1 heterocycles. The number of ether oxygens (including phenoxy) is 1. The molecule has 0 radical (unpaired) electrons. The van der Waals surface area contributed by atoms with E-state index in [0.717, 1.165) is 0 Å². The molecule has 0 fully saturated rings. The second-order valence-electron chi connectivity index (χ2n) is 4.46. The minimum Gasteiger partial charge on any atom is -0.485 e. The third-order valence-corrected chi connectivity index (χ3v) is 3.15. The van der Waals surface area contributed by atoms with Crippen LogP contribution in [0.2, 0.25) is 5.02 Å². The minimum absolute atomic E-state index is 0.137. The van der Waals surface area contributed by atoms with E-state index in [2.05, 4.69) is 0 Å². The van der Waals surface area contributed by atoms with Gasteiger partial charge in [-0.25, -0.2) is 4.39 Å². The Labute approximate surface area is 124 Å². The van der Waals surface area contributed by atoms with Gasteiger partial charge in [0.1, 0.15) is 17.1 Å². The fraction of sp³-hybridized carbons (Fsp3) is 0.0625. The maximum atomic E-state index is 13.1. The van der Waals surface area contributed by atoms with Crippen LogP contribution in [0.15, 0.2) is 52.9 Å². The van der Waals surface area contributed by atoms with Crippen LogP contribution in [-0.4, -0.2) is 12.4 Å². The quantitative estimate of drug-likeness (QED) is 0.667. The van der Waals surface area contributed by atoms with Gasteiger partial charge in [0, 0.05) is 10.4 Å². The Morgan fingerprint density at radius 3 is 2.86 bits per heavy atom. The zero-order valence-corrected chi connectivity index (χ0v) is 11.6. The first-order valence-corrected chi connectivity index (χ1v) is 6.60. The van der Waals surface area contributed by atoms with Crippen molar-refractivity contribution in [3.63, 3.8) is 0 Å². The number of hydrogen-bond donors (Lipinski definition) is 0. The first kappa shape index (κ1) is 13.6. The molecule has 0 spiro atoms. The fourth-order valence-electron chi connectivity index (χ4n) is 1.93. The van der Waals surface area contributed by atoms with E-state index in [1.807, 2.05) is 0 Å². The number of ketones is 1. The highest BCUT2D eigenvalue weighted by Crippen LogP contribution is 2.21. The second kappa shape index (κ2) is 5.58. The maximum Gasteiger partial charge on any atom is 0.235 e. The Morgan fingerprint density at radius 2 is 2.05 bits per heavy atom. The van der Waals surface area contributed by atoms with Crippen molar-refractivity contribution >= 4 is 28.4 Å². The molecule has 1 aromatic heterocycles. The van der Waals surface area contributed by atoms with Crippen molar-refractivity contribution < 1.29 is 18.3 Å². The summed E-state index contributed by atoms with van der Waals surface area (Å²) in [5.74, 6) is -0.0697. The lowest BCUT2D eigenvalue weighted by atomic mass is 10.2. The summed E-state index contributed by atoms with van der Waals surface area (Å²) in [7, 11) is 0. The molecule has 0 aliphatic carbocycles. The van der Waals surface area contributed by atoms with Crippen molar-refractivity contribution in [1.29, 1.82) is 0 Å². The zero-order valence-electron chi connectivity index (χ0n) is 10.8. The molecule has 3 nitrogen and oxygen atoms in total. The molecule has 21 heavy (non-hydrogen) atoms. The van der Waals surface area contributed by atoms with Crippen LogP contribution in [0.1, 0.15) is 10.6 Å². The average molecular weight is 305 g/mol. The summed E-state index contributed by atoms with van der Waals surface area (Å²) in [6.45, 7) is -0.178. The molecule has 0 aliphatic heterocycles. The average Bonchev–Trinajstić information content (AvgIpc) is 2.88. The lowest BCUT2D eigenvalue weighted by Crippen LogP contribution is -2.10. The molecule has 0 aliphatic rings. The second-order valence-corrected chi connectivity index (χ2v) is 4.90. The lowest BCUT2D eigenvalue weighted by Gasteiger charge is -2.04. The summed E-state index contributed by atoms with van der Waals surface area (Å²) in [5.41, 5.74) is 0.461. The van der Waals surface area contributed by atoms with Gasteiger partial charge >= 0.3 is 0 Å². The van der Waals surface area contributed by atoms with Gasteiger partial charge in [-0.15, -0.1) is 0 Å². The fourth-order valence-corrected chi connectivity index (χ4v) is 2.11. The number of benzene rings is 2. The Morgan fingerprint density at radius 1 is 1.19 bits per heavy atom. The zero-order chi connectivity index (χ0) is 14.8. The smallest absolute Gasteiger partial charge is 0.235 e. The summed E-state index contributed by atoms with van der Waals surface area (Å²) in [6.07, 6.45) is 0. The molecule has 0 saturated heterocycles. The Kier molecular flexibility index (Phi) is 3.62. The van der Waals surface area contributed by atoms with Crippen LogP contribution < -0.4 is 4.74 Å². The minimum atomic E-state index is -0.377. The first-order valence-electron chi connectivity index (χ1n) is 6.22. The monoisotopic (exact) mass is 304 g/mol. The third-order valence-electron chi connectivity index (χ3n) is 2.92. The van der Waals surface area contributed by atoms with Crippen molar-refractivity contribution in [2.24, 2.45) is 0 Å². The van der Waals surface area contributed by atoms with Gasteiger partial charge in [-0.2, -0.15) is 0 Å². The number of furan rings is 1. The molecule has 0 bridgehead atoms. The van der Waals surface area contributed by atoms with Gasteiger partial charge in [0.2, 0.25) is 5.78 Å². The number of carbonyl (C=O) groups is 1. The van der Waals surface area contributed by atoms with Crippen LogP contribution in [0.3, 0.4) is 0 Å². The van der Waals surface area contributed by atoms with Gasteiger partial charge in [-0.05, 0) is 42.5 Å². The predicted molar refractivity (Wildman–Crippen MR) is 77.4 cm³/mol. The van der Waals surface area contributed by atoms with E-state index in [1.165, 1.54) is 24.3 Å². The van der Waals surface area contributed by atoms with Gasteiger partial charge in [-0.1, -0.05) is 17.7 Å². The number of halogens is 2. The number of hydrogen-bond acceptors (Lipinski definition) is 3. The van der Waals surface area contributed by atoms with Crippen LogP contribution in [0.5, 0.6) is 5.75 Å². The lowest BCUT2D eigenvalue weighted by molar-refractivity contribution is 0.0896. The Bertz CT molecular complexity index is 810. The molecular weight excluding hydrogens is 295 g/mol. The van der Waals surface area contributed by atoms with Crippen LogP contribution in [0.4, 0.5) is 4.39 Å². The Hall–Kier alpha value is -2.33. The Balaban J connectivity index is 1.74. The van der Waals surface area contributed by atoms with Gasteiger partial charge in [0.25, 0.3) is 0 Å². The molecule has 0 saturated carbocycles. The van der Waals surface area contributed by atoms with Crippen LogP contribution >= 0.6 is 11.6 Å². The molecular formula is C16H10ClFO3. The molecule has 0 amide bonds. The van der Waals surface area contributed by atoms with E-state index >= 15 is 0 Å². The highest BCUT2D eigenvalue weighted by molar-refractivity contribution is 6.30. The van der Waals surface area contributed by atoms with E-state index in [9.17, 15) is 9.18 Å². The van der Waals surface area contributed by atoms with Crippen LogP contribution in [0.25, 0.3) is 11.0 Å². The van der Waals surface area contributed by atoms with Crippen molar-refractivity contribution in [1.82, 2.24) is 0 Å². The largest absolute Gasteiger partial charge is 0.485 e. The van der Waals surface area contributed by atoms with Gasteiger partial charge in [-0.3, -0.25) is 4.79 Å². The van der Waals surface area contributed by atoms with Crippen molar-refractivity contribution in [3.05, 3.63) is 65.1 Å². The number of fused-ring (bicyclic) bond motifs is 1. The van der Waals surface area contributed by atoms with E-state index < -0.39 is 0 Å². The van der Waals surface area contributed by atoms with E-state index in [4.69, 9.17) is 20.8 Å². The summed E-state index contributed by atoms with van der Waals surface area (Å²) >= 11 is 5.83. The van der Waals surface area contributed by atoms with Crippen molar-refractivity contribution in [3.8, 4) is 5.75 Å². The number of rotatable bonds is 4. The van der Waals surface area contributed by atoms with Gasteiger partial charge in [0.15, 0.2) is 12.4 Å². The number of carbonyl (C=O) groups excluding carboxylic acids is 1. The normalized spacial score (nSPS) is 10.8. The topological polar surface area (TPSA) is 39.4 Å². The molecule has 3 aromatic rings. The SMILES string of the molecule is O=C(COc1cccc(Cl)c1)c1cc2cc(F)ccc2o1. The molecule has 0 atom stereocenters. The number of Topliss-reactive ketones (excluding diaryl/α,β-unsaturated/α-hetero) is 1. The molecule has 106 valence electrons. The summed E-state index contributed by atoms with van der Waals surface area (Å²) in [4.78, 5) is 12.0. The summed E-state index contributed by atoms with van der Waals surface area (Å²) < 4.78 is 23.8. The molecule has 0 N–H and O–H groups in total. The van der Waals surface area contributed by atoms with E-state index in [0.29, 0.717) is 21.7 Å². The van der Waals surface area contributed by atoms with Crippen molar-refractivity contribution in [2.45, 2.75) is 0 Å². The highest BCUT2D eigenvalue weighted by Gasteiger charge is 2.13. The maximum absolute atomic E-state index is 13.1.